The molecular weight excluding hydrogens is 276 g/mol. The van der Waals surface area contributed by atoms with E-state index in [0.717, 1.165) is 4.90 Å². The van der Waals surface area contributed by atoms with Crippen LogP contribution in [0.25, 0.3) is 0 Å². The average molecular weight is 293 g/mol. The van der Waals surface area contributed by atoms with Gasteiger partial charge in [-0.15, -0.1) is 0 Å². The molecule has 0 aliphatic carbocycles. The topological polar surface area (TPSA) is 102 Å². The van der Waals surface area contributed by atoms with Crippen molar-refractivity contribution in [1.82, 2.24) is 4.90 Å². The zero-order valence-electron chi connectivity index (χ0n) is 12.0. The van der Waals surface area contributed by atoms with Gasteiger partial charge in [0.2, 0.25) is 0 Å². The number of carboxylic acid groups (broad SMARTS) is 1. The van der Waals surface area contributed by atoms with Crippen molar-refractivity contribution in [2.75, 3.05) is 5.48 Å². The first-order valence-corrected chi connectivity index (χ1v) is 6.46. The first-order chi connectivity index (χ1) is 9.73. The number of rotatable bonds is 2. The van der Waals surface area contributed by atoms with E-state index in [0.29, 0.717) is 11.1 Å². The standard InChI is InChI=1S/C14H17N2O5/c1-14(2,3)21-13(19)16-7-8-4-5-9(15-20)6-10(8)11(16)12(17)18/h4-6,11,15H,7H2,1-3H3,(H,17,18)/q-1/t11-/m0/s1. The van der Waals surface area contributed by atoms with Crippen molar-refractivity contribution in [3.05, 3.63) is 34.5 Å². The van der Waals surface area contributed by atoms with Gasteiger partial charge >= 0.3 is 12.1 Å². The molecule has 0 fully saturated rings. The third kappa shape index (κ3) is 3.08. The third-order valence-electron chi connectivity index (χ3n) is 3.07. The smallest absolute Gasteiger partial charge is 0.411 e. The molecule has 0 bridgehead atoms. The molecule has 1 amide bonds. The molecule has 7 heteroatoms. The van der Waals surface area contributed by atoms with Crippen LogP contribution in [0.2, 0.25) is 0 Å². The predicted molar refractivity (Wildman–Crippen MR) is 75.6 cm³/mol. The minimum absolute atomic E-state index is 0.139. The van der Waals surface area contributed by atoms with E-state index in [2.05, 4.69) is 0 Å². The fourth-order valence-corrected chi connectivity index (χ4v) is 2.26. The Morgan fingerprint density at radius 2 is 2.10 bits per heavy atom. The van der Waals surface area contributed by atoms with Crippen molar-refractivity contribution in [1.29, 1.82) is 0 Å². The van der Waals surface area contributed by atoms with Crippen LogP contribution in [0.15, 0.2) is 18.2 Å². The second-order valence-corrected chi connectivity index (χ2v) is 5.86. The number of hydrogen-bond acceptors (Lipinski definition) is 5. The molecule has 0 aromatic heterocycles. The molecule has 0 unspecified atom stereocenters. The molecule has 1 aliphatic heterocycles. The summed E-state index contributed by atoms with van der Waals surface area (Å²) >= 11 is 0. The number of ether oxygens (including phenoxy) is 1. The molecule has 0 radical (unpaired) electrons. The van der Waals surface area contributed by atoms with Gasteiger partial charge in [-0.1, -0.05) is 6.07 Å². The van der Waals surface area contributed by atoms with Gasteiger partial charge in [-0.25, -0.2) is 9.59 Å². The van der Waals surface area contributed by atoms with E-state index >= 15 is 0 Å². The molecule has 21 heavy (non-hydrogen) atoms. The van der Waals surface area contributed by atoms with Crippen molar-refractivity contribution in [2.24, 2.45) is 0 Å². The monoisotopic (exact) mass is 293 g/mol. The molecule has 1 atom stereocenters. The van der Waals surface area contributed by atoms with Gasteiger partial charge in [0.05, 0.1) is 6.54 Å². The highest BCUT2D eigenvalue weighted by Crippen LogP contribution is 2.36. The summed E-state index contributed by atoms with van der Waals surface area (Å²) in [5, 5.41) is 20.1. The maximum Gasteiger partial charge on any atom is 0.411 e. The van der Waals surface area contributed by atoms with E-state index in [4.69, 9.17) is 4.74 Å². The Hall–Kier alpha value is -2.28. The quantitative estimate of drug-likeness (QED) is 0.812. The predicted octanol–water partition coefficient (Wildman–Crippen LogP) is 2.47. The lowest BCUT2D eigenvalue weighted by Gasteiger charge is -2.27. The largest absolute Gasteiger partial charge is 0.761 e. The zero-order chi connectivity index (χ0) is 15.8. The third-order valence-corrected chi connectivity index (χ3v) is 3.07. The number of benzene rings is 1. The number of aliphatic carboxylic acids is 1. The fourth-order valence-electron chi connectivity index (χ4n) is 2.26. The lowest BCUT2D eigenvalue weighted by molar-refractivity contribution is -0.143. The molecule has 1 aromatic rings. The van der Waals surface area contributed by atoms with Gasteiger partial charge in [0.25, 0.3) is 0 Å². The summed E-state index contributed by atoms with van der Waals surface area (Å²) < 4.78 is 5.24. The summed E-state index contributed by atoms with van der Waals surface area (Å²) in [4.78, 5) is 24.8. The molecule has 1 aromatic carbocycles. The Morgan fingerprint density at radius 3 is 2.62 bits per heavy atom. The van der Waals surface area contributed by atoms with Gasteiger partial charge < -0.3 is 20.5 Å². The number of anilines is 1. The summed E-state index contributed by atoms with van der Waals surface area (Å²) in [5.74, 6) is -1.16. The summed E-state index contributed by atoms with van der Waals surface area (Å²) in [6.07, 6.45) is -0.692. The van der Waals surface area contributed by atoms with E-state index in [1.165, 1.54) is 6.07 Å². The number of carboxylic acids is 1. The van der Waals surface area contributed by atoms with Crippen molar-refractivity contribution in [3.8, 4) is 0 Å². The number of carbonyl (C=O) groups is 2. The van der Waals surface area contributed by atoms with Crippen molar-refractivity contribution in [2.45, 2.75) is 39.0 Å². The number of hydrogen-bond donors (Lipinski definition) is 2. The fraction of sp³-hybridized carbons (Fsp3) is 0.429. The Bertz CT molecular complexity index is 579. The van der Waals surface area contributed by atoms with E-state index in [1.54, 1.807) is 38.4 Å². The van der Waals surface area contributed by atoms with Crippen molar-refractivity contribution >= 4 is 17.7 Å². The number of carbonyl (C=O) groups excluding carboxylic acids is 1. The number of amides is 1. The lowest BCUT2D eigenvalue weighted by Crippen LogP contribution is -2.38. The van der Waals surface area contributed by atoms with E-state index in [1.807, 2.05) is 0 Å². The van der Waals surface area contributed by atoms with Gasteiger partial charge in [-0.05, 0) is 44.0 Å². The van der Waals surface area contributed by atoms with Crippen LogP contribution in [0.3, 0.4) is 0 Å². The van der Waals surface area contributed by atoms with E-state index < -0.39 is 23.7 Å². The van der Waals surface area contributed by atoms with Gasteiger partial charge in [0.15, 0.2) is 6.04 Å². The molecule has 2 rings (SSSR count). The number of nitrogens with zero attached hydrogens (tertiary/aromatic N) is 1. The first kappa shape index (κ1) is 15.1. The molecule has 0 spiro atoms. The Morgan fingerprint density at radius 1 is 1.43 bits per heavy atom. The van der Waals surface area contributed by atoms with Crippen molar-refractivity contribution in [3.63, 3.8) is 0 Å². The zero-order valence-corrected chi connectivity index (χ0v) is 12.0. The Kier molecular flexibility index (Phi) is 3.78. The van der Waals surface area contributed by atoms with Gasteiger partial charge in [0.1, 0.15) is 5.60 Å². The maximum atomic E-state index is 12.2. The molecule has 7 nitrogen and oxygen atoms in total. The summed E-state index contributed by atoms with van der Waals surface area (Å²) in [7, 11) is 0. The summed E-state index contributed by atoms with van der Waals surface area (Å²) in [6, 6.07) is 3.48. The van der Waals surface area contributed by atoms with E-state index in [9.17, 15) is 19.9 Å². The first-order valence-electron chi connectivity index (χ1n) is 6.46. The van der Waals surface area contributed by atoms with Crippen LogP contribution in [0.5, 0.6) is 0 Å². The highest BCUT2D eigenvalue weighted by Gasteiger charge is 2.40. The molecule has 1 aliphatic rings. The second kappa shape index (κ2) is 5.25. The highest BCUT2D eigenvalue weighted by molar-refractivity contribution is 5.84. The van der Waals surface area contributed by atoms with Crippen LogP contribution in [0, 0.1) is 5.21 Å². The Balaban J connectivity index is 2.34. The van der Waals surface area contributed by atoms with E-state index in [-0.39, 0.29) is 12.2 Å². The normalized spacial score (nSPS) is 17.3. The number of nitrogens with one attached hydrogen (secondary N) is 1. The van der Waals surface area contributed by atoms with Gasteiger partial charge in [0, 0.05) is 5.69 Å². The van der Waals surface area contributed by atoms with Crippen molar-refractivity contribution < 1.29 is 19.4 Å². The van der Waals surface area contributed by atoms with Crippen LogP contribution in [-0.4, -0.2) is 27.7 Å². The number of fused-ring (bicyclic) bond motifs is 1. The highest BCUT2D eigenvalue weighted by atomic mass is 16.6. The second-order valence-electron chi connectivity index (χ2n) is 5.86. The SMILES string of the molecule is CC(C)(C)OC(=O)N1Cc2ccc(N[O-])cc2[C@H]1C(=O)O. The Labute approximate surface area is 122 Å². The summed E-state index contributed by atoms with van der Waals surface area (Å²) in [6.45, 7) is 5.27. The maximum absolute atomic E-state index is 12.2. The molecule has 114 valence electrons. The lowest BCUT2D eigenvalue weighted by atomic mass is 10.0. The molecule has 1 heterocycles. The van der Waals surface area contributed by atoms with Gasteiger partial charge in [-0.2, -0.15) is 0 Å². The minimum atomic E-state index is -1.16. The molecule has 0 saturated heterocycles. The minimum Gasteiger partial charge on any atom is -0.761 e. The molecule has 2 N–H and O–H groups in total. The van der Waals surface area contributed by atoms with Crippen LogP contribution in [0.1, 0.15) is 37.9 Å². The average Bonchev–Trinajstić information content (AvgIpc) is 2.74. The van der Waals surface area contributed by atoms with Crippen LogP contribution in [-0.2, 0) is 16.1 Å². The molecular formula is C14H17N2O5-. The van der Waals surface area contributed by atoms with Crippen LogP contribution in [0.4, 0.5) is 10.5 Å². The van der Waals surface area contributed by atoms with Crippen LogP contribution < -0.4 is 5.48 Å². The van der Waals surface area contributed by atoms with Gasteiger partial charge in [-0.3, -0.25) is 4.90 Å². The summed E-state index contributed by atoms with van der Waals surface area (Å²) in [5.41, 5.74) is 2.38. The van der Waals surface area contributed by atoms with Crippen LogP contribution >= 0.6 is 0 Å². The molecule has 0 saturated carbocycles.